The average molecular weight is 172 g/mol. The lowest BCUT2D eigenvalue weighted by atomic mass is 10.6. The molecule has 1 aliphatic rings. The number of ether oxygens (including phenoxy) is 2. The molecule has 0 saturated heterocycles. The van der Waals surface area contributed by atoms with E-state index in [1.165, 1.54) is 14.0 Å². The van der Waals surface area contributed by atoms with E-state index in [9.17, 15) is 14.4 Å². The van der Waals surface area contributed by atoms with Crippen LogP contribution in [0.2, 0.25) is 0 Å². The maximum absolute atomic E-state index is 9.92. The molecule has 0 amide bonds. The number of carbonyl (C=O) groups is 3. The van der Waals surface area contributed by atoms with Gasteiger partial charge in [-0.15, -0.1) is 0 Å². The van der Waals surface area contributed by atoms with E-state index >= 15 is 0 Å². The zero-order valence-corrected chi connectivity index (χ0v) is 6.70. The van der Waals surface area contributed by atoms with Crippen LogP contribution in [-0.4, -0.2) is 25.0 Å². The summed E-state index contributed by atoms with van der Waals surface area (Å²) in [5, 5.41) is 0. The third-order valence-corrected chi connectivity index (χ3v) is 0.844. The Bertz CT molecular complexity index is 212. The van der Waals surface area contributed by atoms with Crippen molar-refractivity contribution in [2.45, 2.75) is 6.92 Å². The monoisotopic (exact) mass is 172 g/mol. The maximum atomic E-state index is 9.92. The van der Waals surface area contributed by atoms with Gasteiger partial charge in [0.15, 0.2) is 0 Å². The van der Waals surface area contributed by atoms with Gasteiger partial charge in [0, 0.05) is 19.1 Å². The van der Waals surface area contributed by atoms with Crippen LogP contribution < -0.4 is 0 Å². The SMILES string of the molecule is COC(C)=O.O=C1C=CC(=O)O1. The fourth-order valence-corrected chi connectivity index (χ4v) is 0.303. The summed E-state index contributed by atoms with van der Waals surface area (Å²) < 4.78 is 8.08. The van der Waals surface area contributed by atoms with E-state index in [2.05, 4.69) is 9.47 Å². The number of esters is 3. The van der Waals surface area contributed by atoms with E-state index in [0.717, 1.165) is 12.2 Å². The summed E-state index contributed by atoms with van der Waals surface area (Å²) in [6.07, 6.45) is 2.17. The number of rotatable bonds is 0. The molecule has 0 radical (unpaired) electrons. The Morgan fingerprint density at radius 1 is 1.33 bits per heavy atom. The first-order valence-corrected chi connectivity index (χ1v) is 3.04. The lowest BCUT2D eigenvalue weighted by Crippen LogP contribution is -1.96. The second-order valence-corrected chi connectivity index (χ2v) is 1.77. The first-order chi connectivity index (χ1) is 5.56. The van der Waals surface area contributed by atoms with E-state index in [4.69, 9.17) is 0 Å². The number of methoxy groups -OCH3 is 1. The van der Waals surface area contributed by atoms with Gasteiger partial charge in [-0.25, -0.2) is 9.59 Å². The zero-order chi connectivity index (χ0) is 9.56. The molecule has 5 heteroatoms. The molecule has 1 rings (SSSR count). The Labute approximate surface area is 69.0 Å². The molecule has 0 saturated carbocycles. The summed E-state index contributed by atoms with van der Waals surface area (Å²) >= 11 is 0. The van der Waals surface area contributed by atoms with Gasteiger partial charge in [0.1, 0.15) is 0 Å². The van der Waals surface area contributed by atoms with Crippen LogP contribution in [0, 0.1) is 0 Å². The molecule has 1 heterocycles. The minimum atomic E-state index is -0.579. The van der Waals surface area contributed by atoms with Crippen LogP contribution in [0.3, 0.4) is 0 Å². The maximum Gasteiger partial charge on any atom is 0.338 e. The molecule has 0 aromatic rings. The van der Waals surface area contributed by atoms with Gasteiger partial charge >= 0.3 is 17.9 Å². The van der Waals surface area contributed by atoms with Crippen LogP contribution in [-0.2, 0) is 23.9 Å². The van der Waals surface area contributed by atoms with Crippen molar-refractivity contribution in [2.24, 2.45) is 0 Å². The lowest BCUT2D eigenvalue weighted by molar-refractivity contribution is -0.150. The van der Waals surface area contributed by atoms with E-state index in [1.807, 2.05) is 0 Å². The van der Waals surface area contributed by atoms with Gasteiger partial charge in [-0.05, 0) is 0 Å². The van der Waals surface area contributed by atoms with Crippen molar-refractivity contribution in [3.8, 4) is 0 Å². The number of carbonyl (C=O) groups excluding carboxylic acids is 3. The highest BCUT2D eigenvalue weighted by molar-refractivity contribution is 6.04. The molecule has 1 aliphatic heterocycles. The molecule has 0 atom stereocenters. The van der Waals surface area contributed by atoms with Crippen molar-refractivity contribution in [3.63, 3.8) is 0 Å². The largest absolute Gasteiger partial charge is 0.469 e. The van der Waals surface area contributed by atoms with E-state index in [1.54, 1.807) is 0 Å². The summed E-state index contributed by atoms with van der Waals surface area (Å²) in [5.74, 6) is -1.40. The Morgan fingerprint density at radius 2 is 1.67 bits per heavy atom. The fraction of sp³-hybridized carbons (Fsp3) is 0.286. The highest BCUT2D eigenvalue weighted by atomic mass is 16.6. The second-order valence-electron chi connectivity index (χ2n) is 1.77. The summed E-state index contributed by atoms with van der Waals surface area (Å²) in [6, 6.07) is 0. The van der Waals surface area contributed by atoms with E-state index < -0.39 is 11.9 Å². The molecular weight excluding hydrogens is 164 g/mol. The zero-order valence-electron chi connectivity index (χ0n) is 6.70. The van der Waals surface area contributed by atoms with Gasteiger partial charge in [-0.1, -0.05) is 0 Å². The second kappa shape index (κ2) is 5.06. The summed E-state index contributed by atoms with van der Waals surface area (Å²) in [6.45, 7) is 1.36. The predicted molar refractivity (Wildman–Crippen MR) is 37.9 cm³/mol. The van der Waals surface area contributed by atoms with Gasteiger partial charge in [0.2, 0.25) is 0 Å². The van der Waals surface area contributed by atoms with Crippen molar-refractivity contribution in [1.82, 2.24) is 0 Å². The van der Waals surface area contributed by atoms with Gasteiger partial charge in [0.25, 0.3) is 0 Å². The van der Waals surface area contributed by atoms with Crippen molar-refractivity contribution >= 4 is 17.9 Å². The van der Waals surface area contributed by atoms with Crippen molar-refractivity contribution in [1.29, 1.82) is 0 Å². The fourth-order valence-electron chi connectivity index (χ4n) is 0.303. The minimum absolute atomic E-state index is 0.245. The molecule has 0 spiro atoms. The first-order valence-electron chi connectivity index (χ1n) is 3.04. The molecule has 0 N–H and O–H groups in total. The summed E-state index contributed by atoms with van der Waals surface area (Å²) in [5.41, 5.74) is 0. The highest BCUT2D eigenvalue weighted by Crippen LogP contribution is 1.92. The quantitative estimate of drug-likeness (QED) is 0.374. The van der Waals surface area contributed by atoms with Crippen molar-refractivity contribution < 1.29 is 23.9 Å². The van der Waals surface area contributed by atoms with Crippen LogP contribution in [0.1, 0.15) is 6.92 Å². The standard InChI is InChI=1S/C4H2O3.C3H6O2/c5-3-1-2-4(6)7-3;1-3(4)5-2/h1-2H;1-2H3. The Morgan fingerprint density at radius 3 is 1.75 bits per heavy atom. The molecule has 66 valence electrons. The van der Waals surface area contributed by atoms with Gasteiger partial charge in [0.05, 0.1) is 7.11 Å². The van der Waals surface area contributed by atoms with E-state index in [0.29, 0.717) is 0 Å². The minimum Gasteiger partial charge on any atom is -0.469 e. The average Bonchev–Trinajstić information content (AvgIpc) is 2.36. The van der Waals surface area contributed by atoms with Gasteiger partial charge < -0.3 is 9.47 Å². The molecule has 0 unspecified atom stereocenters. The third-order valence-electron chi connectivity index (χ3n) is 0.844. The molecular formula is C7H8O5. The molecule has 0 bridgehead atoms. The number of hydrogen-bond acceptors (Lipinski definition) is 5. The van der Waals surface area contributed by atoms with Crippen molar-refractivity contribution in [2.75, 3.05) is 7.11 Å². The smallest absolute Gasteiger partial charge is 0.338 e. The highest BCUT2D eigenvalue weighted by Gasteiger charge is 2.10. The summed E-state index contributed by atoms with van der Waals surface area (Å²) in [4.78, 5) is 29.4. The molecule has 0 aromatic heterocycles. The van der Waals surface area contributed by atoms with Gasteiger partial charge in [-0.2, -0.15) is 0 Å². The number of cyclic esters (lactones) is 2. The Hall–Kier alpha value is -1.65. The molecule has 12 heavy (non-hydrogen) atoms. The van der Waals surface area contributed by atoms with Gasteiger partial charge in [-0.3, -0.25) is 4.79 Å². The molecule has 0 fully saturated rings. The predicted octanol–water partition coefficient (Wildman–Crippen LogP) is -0.195. The van der Waals surface area contributed by atoms with Crippen LogP contribution in [0.15, 0.2) is 12.2 Å². The Balaban J connectivity index is 0.000000217. The van der Waals surface area contributed by atoms with Crippen LogP contribution in [0.25, 0.3) is 0 Å². The third kappa shape index (κ3) is 5.16. The Kier molecular flexibility index (Phi) is 4.36. The van der Waals surface area contributed by atoms with Crippen molar-refractivity contribution in [3.05, 3.63) is 12.2 Å². The topological polar surface area (TPSA) is 69.7 Å². The van der Waals surface area contributed by atoms with E-state index in [-0.39, 0.29) is 5.97 Å². The number of hydrogen-bond donors (Lipinski definition) is 0. The molecule has 0 aliphatic carbocycles. The summed E-state index contributed by atoms with van der Waals surface area (Å²) in [7, 11) is 1.35. The van der Waals surface area contributed by atoms with Crippen LogP contribution in [0.5, 0.6) is 0 Å². The first kappa shape index (κ1) is 10.3. The van der Waals surface area contributed by atoms with Crippen LogP contribution in [0.4, 0.5) is 0 Å². The lowest BCUT2D eigenvalue weighted by Gasteiger charge is -1.80. The molecule has 5 nitrogen and oxygen atoms in total. The van der Waals surface area contributed by atoms with Crippen LogP contribution >= 0.6 is 0 Å². The normalized spacial score (nSPS) is 13.2. The molecule has 0 aromatic carbocycles.